The van der Waals surface area contributed by atoms with Gasteiger partial charge in [-0.3, -0.25) is 4.98 Å². The molecule has 0 unspecified atom stereocenters. The van der Waals surface area contributed by atoms with Crippen LogP contribution in [0.2, 0.25) is 5.15 Å². The van der Waals surface area contributed by atoms with Crippen LogP contribution in [0.3, 0.4) is 0 Å². The molecule has 1 fully saturated rings. The number of halogens is 1. The van der Waals surface area contributed by atoms with Gasteiger partial charge in [-0.2, -0.15) is 0 Å². The Labute approximate surface area is 164 Å². The summed E-state index contributed by atoms with van der Waals surface area (Å²) in [5, 5.41) is 3.24. The van der Waals surface area contributed by atoms with E-state index < -0.39 is 11.7 Å². The summed E-state index contributed by atoms with van der Waals surface area (Å²) < 4.78 is 11.2. The van der Waals surface area contributed by atoms with Crippen LogP contribution in [-0.4, -0.2) is 34.8 Å². The van der Waals surface area contributed by atoms with Crippen molar-refractivity contribution in [3.8, 4) is 16.9 Å². The van der Waals surface area contributed by atoms with Crippen molar-refractivity contribution in [3.63, 3.8) is 0 Å². The molecule has 7 heteroatoms. The van der Waals surface area contributed by atoms with Crippen LogP contribution in [0, 0.1) is 5.41 Å². The molecule has 2 heterocycles. The molecule has 0 aromatic carbocycles. The third kappa shape index (κ3) is 5.57. The average molecular weight is 390 g/mol. The zero-order valence-electron chi connectivity index (χ0n) is 15.8. The monoisotopic (exact) mass is 389 g/mol. The maximum absolute atomic E-state index is 11.8. The molecule has 1 amide bonds. The summed E-state index contributed by atoms with van der Waals surface area (Å²) in [4.78, 5) is 20.2. The summed E-state index contributed by atoms with van der Waals surface area (Å²) in [6, 6.07) is 5.64. The molecule has 144 valence electrons. The summed E-state index contributed by atoms with van der Waals surface area (Å²) >= 11 is 6.21. The molecule has 0 saturated heterocycles. The maximum atomic E-state index is 11.8. The van der Waals surface area contributed by atoms with E-state index in [0.29, 0.717) is 24.1 Å². The molecule has 27 heavy (non-hydrogen) atoms. The highest BCUT2D eigenvalue weighted by Crippen LogP contribution is 2.45. The van der Waals surface area contributed by atoms with E-state index in [0.717, 1.165) is 24.0 Å². The van der Waals surface area contributed by atoms with Gasteiger partial charge in [0.05, 0.1) is 12.8 Å². The second-order valence-electron chi connectivity index (χ2n) is 7.90. The quantitative estimate of drug-likeness (QED) is 0.737. The minimum absolute atomic E-state index is 0.0506. The summed E-state index contributed by atoms with van der Waals surface area (Å²) in [6.07, 6.45) is 6.65. The number of rotatable bonds is 6. The van der Waals surface area contributed by atoms with Crippen molar-refractivity contribution < 1.29 is 14.3 Å². The lowest BCUT2D eigenvalue weighted by atomic mass is 10.1. The second-order valence-corrected chi connectivity index (χ2v) is 8.25. The number of amides is 1. The summed E-state index contributed by atoms with van der Waals surface area (Å²) in [5.41, 5.74) is 1.10. The Morgan fingerprint density at radius 3 is 2.74 bits per heavy atom. The summed E-state index contributed by atoms with van der Waals surface area (Å²) in [5.74, 6) is 0.641. The zero-order chi connectivity index (χ0) is 19.5. The number of alkyl carbamates (subject to hydrolysis) is 1. The molecule has 3 rings (SSSR count). The molecule has 1 saturated carbocycles. The topological polar surface area (TPSA) is 73.3 Å². The second kappa shape index (κ2) is 7.72. The zero-order valence-corrected chi connectivity index (χ0v) is 16.5. The van der Waals surface area contributed by atoms with Crippen molar-refractivity contribution in [1.82, 2.24) is 15.3 Å². The van der Waals surface area contributed by atoms with Gasteiger partial charge in [-0.05, 0) is 45.7 Å². The van der Waals surface area contributed by atoms with Crippen molar-refractivity contribution in [1.29, 1.82) is 0 Å². The first-order valence-electron chi connectivity index (χ1n) is 8.92. The number of nitrogens with one attached hydrogen (secondary N) is 1. The largest absolute Gasteiger partial charge is 0.491 e. The Balaban J connectivity index is 1.58. The normalized spacial score (nSPS) is 15.1. The van der Waals surface area contributed by atoms with Gasteiger partial charge in [-0.1, -0.05) is 17.7 Å². The Morgan fingerprint density at radius 2 is 2.11 bits per heavy atom. The van der Waals surface area contributed by atoms with Gasteiger partial charge >= 0.3 is 6.09 Å². The number of ether oxygens (including phenoxy) is 2. The number of nitrogens with zero attached hydrogens (tertiary/aromatic N) is 2. The highest BCUT2D eigenvalue weighted by Gasteiger charge is 2.44. The molecular formula is C20H24ClN3O3. The fourth-order valence-corrected chi connectivity index (χ4v) is 2.80. The molecule has 0 atom stereocenters. The third-order valence-electron chi connectivity index (χ3n) is 4.30. The number of carbonyl (C=O) groups excluding carboxylic acids is 1. The average Bonchev–Trinajstić information content (AvgIpc) is 3.39. The Morgan fingerprint density at radius 1 is 1.33 bits per heavy atom. The van der Waals surface area contributed by atoms with Crippen LogP contribution < -0.4 is 10.1 Å². The standard InChI is InChI=1S/C20H24ClN3O3/c1-19(2,3)27-18(25)24-12-20(6-7-20)13-26-15-9-16(17(21)23-11-15)14-5-4-8-22-10-14/h4-5,8-11H,6-7,12-13H2,1-3H3,(H,24,25). The van der Waals surface area contributed by atoms with E-state index in [4.69, 9.17) is 21.1 Å². The van der Waals surface area contributed by atoms with E-state index in [-0.39, 0.29) is 5.41 Å². The van der Waals surface area contributed by atoms with E-state index in [2.05, 4.69) is 15.3 Å². The van der Waals surface area contributed by atoms with Gasteiger partial charge in [0, 0.05) is 35.5 Å². The van der Waals surface area contributed by atoms with Crippen LogP contribution in [0.15, 0.2) is 36.8 Å². The van der Waals surface area contributed by atoms with Gasteiger partial charge in [0.2, 0.25) is 0 Å². The Bertz CT molecular complexity index is 802. The minimum atomic E-state index is -0.505. The molecule has 0 aliphatic heterocycles. The predicted molar refractivity (Wildman–Crippen MR) is 104 cm³/mol. The molecule has 2 aromatic rings. The van der Waals surface area contributed by atoms with E-state index in [1.165, 1.54) is 0 Å². The molecular weight excluding hydrogens is 366 g/mol. The number of pyridine rings is 2. The van der Waals surface area contributed by atoms with E-state index in [1.807, 2.05) is 39.0 Å². The van der Waals surface area contributed by atoms with Gasteiger partial charge in [0.15, 0.2) is 0 Å². The van der Waals surface area contributed by atoms with Gasteiger partial charge < -0.3 is 14.8 Å². The first-order chi connectivity index (χ1) is 12.8. The fraction of sp³-hybridized carbons (Fsp3) is 0.450. The van der Waals surface area contributed by atoms with Crippen LogP contribution in [0.1, 0.15) is 33.6 Å². The van der Waals surface area contributed by atoms with Crippen LogP contribution in [0.5, 0.6) is 5.75 Å². The van der Waals surface area contributed by atoms with Crippen molar-refractivity contribution >= 4 is 17.7 Å². The van der Waals surface area contributed by atoms with E-state index in [1.54, 1.807) is 18.6 Å². The summed E-state index contributed by atoms with van der Waals surface area (Å²) in [7, 11) is 0. The first-order valence-corrected chi connectivity index (χ1v) is 9.30. The molecule has 2 aromatic heterocycles. The third-order valence-corrected chi connectivity index (χ3v) is 4.60. The van der Waals surface area contributed by atoms with E-state index >= 15 is 0 Å². The van der Waals surface area contributed by atoms with Gasteiger partial charge in [0.25, 0.3) is 0 Å². The number of carbonyl (C=O) groups is 1. The SMILES string of the molecule is CC(C)(C)OC(=O)NCC1(COc2cnc(Cl)c(-c3cccnc3)c2)CC1. The van der Waals surface area contributed by atoms with Crippen molar-refractivity contribution in [2.45, 2.75) is 39.2 Å². The lowest BCUT2D eigenvalue weighted by molar-refractivity contribution is 0.0509. The Kier molecular flexibility index (Phi) is 5.56. The van der Waals surface area contributed by atoms with Crippen LogP contribution in [-0.2, 0) is 4.74 Å². The van der Waals surface area contributed by atoms with Gasteiger partial charge in [-0.25, -0.2) is 9.78 Å². The lowest BCUT2D eigenvalue weighted by Crippen LogP contribution is -2.37. The summed E-state index contributed by atoms with van der Waals surface area (Å²) in [6.45, 7) is 6.55. The van der Waals surface area contributed by atoms with Gasteiger partial charge in [-0.15, -0.1) is 0 Å². The smallest absolute Gasteiger partial charge is 0.407 e. The Hall–Kier alpha value is -2.34. The molecule has 1 aliphatic carbocycles. The number of aromatic nitrogens is 2. The van der Waals surface area contributed by atoms with Crippen LogP contribution >= 0.6 is 11.6 Å². The van der Waals surface area contributed by atoms with Crippen LogP contribution in [0.4, 0.5) is 4.79 Å². The molecule has 0 bridgehead atoms. The molecule has 1 aliphatic rings. The van der Waals surface area contributed by atoms with Crippen molar-refractivity contribution in [3.05, 3.63) is 41.9 Å². The van der Waals surface area contributed by atoms with Crippen molar-refractivity contribution in [2.24, 2.45) is 5.41 Å². The fourth-order valence-electron chi connectivity index (χ4n) is 2.59. The first kappa shape index (κ1) is 19.4. The molecule has 0 radical (unpaired) electrons. The van der Waals surface area contributed by atoms with Crippen molar-refractivity contribution in [2.75, 3.05) is 13.2 Å². The molecule has 6 nitrogen and oxygen atoms in total. The lowest BCUT2D eigenvalue weighted by Gasteiger charge is -2.22. The maximum Gasteiger partial charge on any atom is 0.407 e. The van der Waals surface area contributed by atoms with Gasteiger partial charge in [0.1, 0.15) is 16.5 Å². The van der Waals surface area contributed by atoms with Crippen LogP contribution in [0.25, 0.3) is 11.1 Å². The highest BCUT2D eigenvalue weighted by atomic mass is 35.5. The number of hydrogen-bond acceptors (Lipinski definition) is 5. The molecule has 1 N–H and O–H groups in total. The number of hydrogen-bond donors (Lipinski definition) is 1. The van der Waals surface area contributed by atoms with E-state index in [9.17, 15) is 4.79 Å². The minimum Gasteiger partial charge on any atom is -0.491 e. The molecule has 0 spiro atoms. The highest BCUT2D eigenvalue weighted by molar-refractivity contribution is 6.32. The predicted octanol–water partition coefficient (Wildman–Crippen LogP) is 4.48.